The lowest BCUT2D eigenvalue weighted by atomic mass is 9.52. The highest BCUT2D eigenvalue weighted by Crippen LogP contribution is 2.56. The summed E-state index contributed by atoms with van der Waals surface area (Å²) in [6, 6.07) is 0. The Morgan fingerprint density at radius 3 is 2.88 bits per heavy atom. The van der Waals surface area contributed by atoms with Gasteiger partial charge in [0.1, 0.15) is 5.78 Å². The molecule has 2 bridgehead atoms. The van der Waals surface area contributed by atoms with Crippen LogP contribution in [0.15, 0.2) is 0 Å². The zero-order valence-corrected chi connectivity index (χ0v) is 10.9. The van der Waals surface area contributed by atoms with Crippen LogP contribution in [0.1, 0.15) is 45.4 Å². The Bertz CT molecular complexity index is 356. The van der Waals surface area contributed by atoms with Crippen molar-refractivity contribution in [3.8, 4) is 0 Å². The Morgan fingerprint density at radius 1 is 1.35 bits per heavy atom. The van der Waals surface area contributed by atoms with E-state index in [-0.39, 0.29) is 11.3 Å². The van der Waals surface area contributed by atoms with Crippen molar-refractivity contribution >= 4 is 5.78 Å². The van der Waals surface area contributed by atoms with Gasteiger partial charge in [0.25, 0.3) is 0 Å². The van der Waals surface area contributed by atoms with Crippen LogP contribution >= 0.6 is 0 Å². The van der Waals surface area contributed by atoms with Crippen LogP contribution in [0.5, 0.6) is 0 Å². The quantitative estimate of drug-likeness (QED) is 0.695. The molecule has 3 aliphatic rings. The van der Waals surface area contributed by atoms with Gasteiger partial charge in [-0.2, -0.15) is 0 Å². The number of likely N-dealkylation sites (tertiary alicyclic amines) is 1. The normalized spacial score (nSPS) is 51.1. The Balaban J connectivity index is 2.06. The Labute approximate surface area is 103 Å². The summed E-state index contributed by atoms with van der Waals surface area (Å²) in [5, 5.41) is 10.9. The van der Waals surface area contributed by atoms with Crippen molar-refractivity contribution in [2.24, 2.45) is 11.8 Å². The topological polar surface area (TPSA) is 40.5 Å². The van der Waals surface area contributed by atoms with Crippen molar-refractivity contribution in [3.05, 3.63) is 0 Å². The second-order valence-corrected chi connectivity index (χ2v) is 6.73. The first-order valence-corrected chi connectivity index (χ1v) is 6.92. The first kappa shape index (κ1) is 11.7. The minimum Gasteiger partial charge on any atom is -0.389 e. The fourth-order valence-electron chi connectivity index (χ4n) is 5.05. The van der Waals surface area contributed by atoms with Crippen LogP contribution < -0.4 is 0 Å². The average molecular weight is 237 g/mol. The summed E-state index contributed by atoms with van der Waals surface area (Å²) in [5.41, 5.74) is -0.734. The van der Waals surface area contributed by atoms with Crippen molar-refractivity contribution in [1.82, 2.24) is 4.90 Å². The molecular formula is C14H23NO2. The van der Waals surface area contributed by atoms with Crippen molar-refractivity contribution < 1.29 is 9.90 Å². The standard InChI is InChI=1S/C14H23NO2/c1-10-6-13-8-11(16)9-14(17,7-10)12(13)4-3-5-15(13)2/h10,12,17H,3-9H2,1-2H3/t10-,12+,13+,14-/m0/s1. The molecule has 2 saturated carbocycles. The van der Waals surface area contributed by atoms with Gasteiger partial charge in [-0.05, 0) is 45.2 Å². The van der Waals surface area contributed by atoms with E-state index in [0.29, 0.717) is 24.7 Å². The largest absolute Gasteiger partial charge is 0.389 e. The SMILES string of the molecule is C[C@@H]1C[C@]2(O)CC(=O)C[C@]3(C1)[C@H]2CCCN3C. The smallest absolute Gasteiger partial charge is 0.137 e. The second kappa shape index (κ2) is 3.55. The predicted molar refractivity (Wildman–Crippen MR) is 65.7 cm³/mol. The van der Waals surface area contributed by atoms with Crippen molar-refractivity contribution in [2.75, 3.05) is 13.6 Å². The van der Waals surface area contributed by atoms with Crippen LogP contribution in [-0.4, -0.2) is 40.5 Å². The molecule has 1 aliphatic heterocycles. The first-order valence-electron chi connectivity index (χ1n) is 6.92. The van der Waals surface area contributed by atoms with E-state index in [9.17, 15) is 9.90 Å². The first-order chi connectivity index (χ1) is 7.96. The zero-order chi connectivity index (χ0) is 12.3. The molecular weight excluding hydrogens is 214 g/mol. The molecule has 2 aliphatic carbocycles. The number of piperidine rings is 1. The highest BCUT2D eigenvalue weighted by molar-refractivity contribution is 5.82. The molecule has 0 aromatic carbocycles. The molecule has 0 aromatic heterocycles. The summed E-state index contributed by atoms with van der Waals surface area (Å²) >= 11 is 0. The van der Waals surface area contributed by atoms with Crippen LogP contribution in [0.2, 0.25) is 0 Å². The number of carbonyl (C=O) groups is 1. The van der Waals surface area contributed by atoms with Gasteiger partial charge in [0, 0.05) is 24.3 Å². The van der Waals surface area contributed by atoms with Gasteiger partial charge < -0.3 is 5.11 Å². The molecule has 0 aromatic rings. The number of carbonyl (C=O) groups excluding carboxylic acids is 1. The molecule has 1 N–H and O–H groups in total. The maximum absolute atomic E-state index is 12.0. The summed E-state index contributed by atoms with van der Waals surface area (Å²) in [6.45, 7) is 3.30. The lowest BCUT2D eigenvalue weighted by Gasteiger charge is -2.63. The predicted octanol–water partition coefficient (Wildman–Crippen LogP) is 1.59. The van der Waals surface area contributed by atoms with Crippen LogP contribution in [0.25, 0.3) is 0 Å². The Morgan fingerprint density at radius 2 is 2.12 bits per heavy atom. The van der Waals surface area contributed by atoms with Gasteiger partial charge in [-0.25, -0.2) is 0 Å². The van der Waals surface area contributed by atoms with Gasteiger partial charge in [0.05, 0.1) is 5.60 Å². The number of Topliss-reactive ketones (excluding diaryl/α,β-unsaturated/α-hetero) is 1. The number of rotatable bonds is 0. The lowest BCUT2D eigenvalue weighted by Crippen LogP contribution is -2.70. The molecule has 0 spiro atoms. The van der Waals surface area contributed by atoms with E-state index in [1.807, 2.05) is 0 Å². The molecule has 1 saturated heterocycles. The van der Waals surface area contributed by atoms with Gasteiger partial charge in [-0.1, -0.05) is 6.92 Å². The van der Waals surface area contributed by atoms with Gasteiger partial charge in [-0.3, -0.25) is 9.69 Å². The van der Waals surface area contributed by atoms with Gasteiger partial charge in [-0.15, -0.1) is 0 Å². The third kappa shape index (κ3) is 1.52. The number of aliphatic hydroxyl groups is 1. The van der Waals surface area contributed by atoms with E-state index in [2.05, 4.69) is 18.9 Å². The minimum atomic E-state index is -0.707. The van der Waals surface area contributed by atoms with Crippen molar-refractivity contribution in [3.63, 3.8) is 0 Å². The van der Waals surface area contributed by atoms with Gasteiger partial charge in [0.2, 0.25) is 0 Å². The number of nitrogens with zero attached hydrogens (tertiary/aromatic N) is 1. The summed E-state index contributed by atoms with van der Waals surface area (Å²) in [7, 11) is 2.14. The maximum Gasteiger partial charge on any atom is 0.137 e. The molecule has 96 valence electrons. The van der Waals surface area contributed by atoms with E-state index in [4.69, 9.17) is 0 Å². The average Bonchev–Trinajstić information content (AvgIpc) is 2.17. The van der Waals surface area contributed by atoms with E-state index < -0.39 is 5.60 Å². The molecule has 17 heavy (non-hydrogen) atoms. The molecule has 0 amide bonds. The Kier molecular flexibility index (Phi) is 2.43. The molecule has 3 nitrogen and oxygen atoms in total. The molecule has 4 atom stereocenters. The third-order valence-corrected chi connectivity index (χ3v) is 5.45. The second-order valence-electron chi connectivity index (χ2n) is 6.73. The fourth-order valence-corrected chi connectivity index (χ4v) is 5.05. The monoisotopic (exact) mass is 237 g/mol. The Hall–Kier alpha value is -0.410. The van der Waals surface area contributed by atoms with Crippen LogP contribution in [-0.2, 0) is 4.79 Å². The molecule has 3 rings (SSSR count). The molecule has 1 heterocycles. The van der Waals surface area contributed by atoms with E-state index in [0.717, 1.165) is 32.2 Å². The summed E-state index contributed by atoms with van der Waals surface area (Å²) in [6.07, 6.45) is 5.23. The molecule has 3 heteroatoms. The summed E-state index contributed by atoms with van der Waals surface area (Å²) in [5.74, 6) is 1.12. The number of hydrogen-bond acceptors (Lipinski definition) is 3. The van der Waals surface area contributed by atoms with E-state index >= 15 is 0 Å². The third-order valence-electron chi connectivity index (χ3n) is 5.45. The highest BCUT2D eigenvalue weighted by Gasteiger charge is 2.61. The minimum absolute atomic E-state index is 0.0278. The lowest BCUT2D eigenvalue weighted by molar-refractivity contribution is -0.189. The van der Waals surface area contributed by atoms with E-state index in [1.165, 1.54) is 0 Å². The highest BCUT2D eigenvalue weighted by atomic mass is 16.3. The summed E-state index contributed by atoms with van der Waals surface area (Å²) < 4.78 is 0. The van der Waals surface area contributed by atoms with Gasteiger partial charge >= 0.3 is 0 Å². The maximum atomic E-state index is 12.0. The fraction of sp³-hybridized carbons (Fsp3) is 0.929. The number of hydrogen-bond donors (Lipinski definition) is 1. The number of ketones is 1. The van der Waals surface area contributed by atoms with Crippen LogP contribution in [0.4, 0.5) is 0 Å². The molecule has 0 radical (unpaired) electrons. The summed E-state index contributed by atoms with van der Waals surface area (Å²) in [4.78, 5) is 14.4. The van der Waals surface area contributed by atoms with E-state index in [1.54, 1.807) is 0 Å². The molecule has 0 unspecified atom stereocenters. The van der Waals surface area contributed by atoms with Crippen molar-refractivity contribution in [1.29, 1.82) is 0 Å². The van der Waals surface area contributed by atoms with Crippen LogP contribution in [0.3, 0.4) is 0 Å². The van der Waals surface area contributed by atoms with Crippen molar-refractivity contribution in [2.45, 2.75) is 56.6 Å². The van der Waals surface area contributed by atoms with Gasteiger partial charge in [0.15, 0.2) is 0 Å². The molecule has 3 fully saturated rings. The zero-order valence-electron chi connectivity index (χ0n) is 10.9. The van der Waals surface area contributed by atoms with Crippen LogP contribution in [0, 0.1) is 11.8 Å².